The molecule has 1 atom stereocenters. The minimum atomic E-state index is -0.601. The van der Waals surface area contributed by atoms with Crippen molar-refractivity contribution in [2.75, 3.05) is 5.32 Å². The largest absolute Gasteiger partial charge is 0.378 e. The molecule has 2 aliphatic carbocycles. The minimum absolute atomic E-state index is 0.0443. The van der Waals surface area contributed by atoms with E-state index in [-0.39, 0.29) is 23.8 Å². The molecule has 0 saturated heterocycles. The number of carbonyl (C=O) groups is 2. The Kier molecular flexibility index (Phi) is 5.93. The van der Waals surface area contributed by atoms with Crippen molar-refractivity contribution in [1.29, 1.82) is 5.41 Å². The van der Waals surface area contributed by atoms with Crippen LogP contribution in [-0.2, 0) is 9.59 Å². The molecule has 8 nitrogen and oxygen atoms in total. The Bertz CT molecular complexity index is 692. The van der Waals surface area contributed by atoms with E-state index >= 15 is 0 Å². The van der Waals surface area contributed by atoms with E-state index in [1.165, 1.54) is 6.08 Å². The van der Waals surface area contributed by atoms with Crippen molar-refractivity contribution < 1.29 is 9.59 Å². The molecule has 0 radical (unpaired) electrons. The van der Waals surface area contributed by atoms with Crippen molar-refractivity contribution in [3.63, 3.8) is 0 Å². The maximum absolute atomic E-state index is 13.0. The highest BCUT2D eigenvalue weighted by Crippen LogP contribution is 2.50. The minimum Gasteiger partial charge on any atom is -0.378 e. The van der Waals surface area contributed by atoms with Crippen LogP contribution in [-0.4, -0.2) is 40.3 Å². The van der Waals surface area contributed by atoms with Gasteiger partial charge in [-0.05, 0) is 63.4 Å². The standard InChI is InChI=1S/C19H28N6O2/c1-11(2)23-15(7-8-20)18(26)25-17(16(12-3-4-12)13-5-6-13)19(27)24-14-9-21-22-10-14/h7-13,16-17,20,23H,3-6H2,1-2H3,(H,21,22)(H,24,27)(H,25,26)/b15-7-,20-8?. The molecule has 3 rings (SSSR count). The Labute approximate surface area is 159 Å². The summed E-state index contributed by atoms with van der Waals surface area (Å²) in [5.74, 6) is 0.566. The van der Waals surface area contributed by atoms with Gasteiger partial charge in [0.1, 0.15) is 11.7 Å². The van der Waals surface area contributed by atoms with Gasteiger partial charge in [-0.25, -0.2) is 0 Å². The molecular formula is C19H28N6O2. The van der Waals surface area contributed by atoms with E-state index in [9.17, 15) is 9.59 Å². The van der Waals surface area contributed by atoms with Gasteiger partial charge in [-0.2, -0.15) is 5.10 Å². The third-order valence-electron chi connectivity index (χ3n) is 4.99. The summed E-state index contributed by atoms with van der Waals surface area (Å²) in [6, 6.07) is -0.557. The van der Waals surface area contributed by atoms with Gasteiger partial charge in [0.25, 0.3) is 5.91 Å². The highest BCUT2D eigenvalue weighted by atomic mass is 16.2. The quantitative estimate of drug-likeness (QED) is 0.317. The van der Waals surface area contributed by atoms with Crippen LogP contribution in [0.15, 0.2) is 24.2 Å². The maximum Gasteiger partial charge on any atom is 0.268 e. The van der Waals surface area contributed by atoms with Crippen molar-refractivity contribution in [1.82, 2.24) is 20.8 Å². The van der Waals surface area contributed by atoms with Gasteiger partial charge in [0.15, 0.2) is 0 Å². The predicted molar refractivity (Wildman–Crippen MR) is 103 cm³/mol. The van der Waals surface area contributed by atoms with Crippen molar-refractivity contribution in [3.05, 3.63) is 24.2 Å². The number of aromatic amines is 1. The zero-order valence-electron chi connectivity index (χ0n) is 15.8. The molecule has 1 unspecified atom stereocenters. The van der Waals surface area contributed by atoms with Crippen molar-refractivity contribution >= 4 is 23.7 Å². The summed E-state index contributed by atoms with van der Waals surface area (Å²) in [6.07, 6.45) is 10.1. The van der Waals surface area contributed by atoms with Gasteiger partial charge >= 0.3 is 0 Å². The van der Waals surface area contributed by atoms with Crippen LogP contribution in [0.25, 0.3) is 0 Å². The molecule has 0 spiro atoms. The number of carbonyl (C=O) groups excluding carboxylic acids is 2. The van der Waals surface area contributed by atoms with Crippen LogP contribution < -0.4 is 16.0 Å². The second-order valence-corrected chi connectivity index (χ2v) is 7.73. The number of anilines is 1. The van der Waals surface area contributed by atoms with Gasteiger partial charge < -0.3 is 21.4 Å². The van der Waals surface area contributed by atoms with E-state index in [1.807, 2.05) is 13.8 Å². The maximum atomic E-state index is 13.0. The third-order valence-corrected chi connectivity index (χ3v) is 4.99. The Hall–Kier alpha value is -2.64. The van der Waals surface area contributed by atoms with Crippen LogP contribution in [0.5, 0.6) is 0 Å². The fourth-order valence-electron chi connectivity index (χ4n) is 3.57. The Morgan fingerprint density at radius 3 is 2.37 bits per heavy atom. The van der Waals surface area contributed by atoms with Gasteiger partial charge in [-0.15, -0.1) is 0 Å². The Morgan fingerprint density at radius 1 is 1.22 bits per heavy atom. The number of nitrogens with one attached hydrogen (secondary N) is 5. The average molecular weight is 372 g/mol. The summed E-state index contributed by atoms with van der Waals surface area (Å²) in [7, 11) is 0. The molecule has 0 aliphatic heterocycles. The summed E-state index contributed by atoms with van der Waals surface area (Å²) in [5, 5.41) is 22.7. The number of amides is 2. The molecule has 1 aromatic heterocycles. The molecule has 1 heterocycles. The van der Waals surface area contributed by atoms with E-state index in [4.69, 9.17) is 5.41 Å². The van der Waals surface area contributed by atoms with Crippen molar-refractivity contribution in [2.45, 2.75) is 51.6 Å². The normalized spacial score (nSPS) is 18.3. The summed E-state index contributed by atoms with van der Waals surface area (Å²) in [4.78, 5) is 25.8. The topological polar surface area (TPSA) is 123 Å². The van der Waals surface area contributed by atoms with E-state index in [1.54, 1.807) is 12.4 Å². The highest BCUT2D eigenvalue weighted by Gasteiger charge is 2.48. The molecule has 0 bridgehead atoms. The van der Waals surface area contributed by atoms with Gasteiger partial charge in [-0.1, -0.05) is 0 Å². The first-order chi connectivity index (χ1) is 13.0. The Morgan fingerprint density at radius 2 is 1.89 bits per heavy atom. The summed E-state index contributed by atoms with van der Waals surface area (Å²) in [5.41, 5.74) is 0.881. The molecule has 8 heteroatoms. The highest BCUT2D eigenvalue weighted by molar-refractivity contribution is 6.02. The zero-order valence-corrected chi connectivity index (χ0v) is 15.8. The lowest BCUT2D eigenvalue weighted by molar-refractivity contribution is -0.126. The first-order valence-corrected chi connectivity index (χ1v) is 9.57. The summed E-state index contributed by atoms with van der Waals surface area (Å²) in [6.45, 7) is 3.84. The van der Waals surface area contributed by atoms with E-state index in [2.05, 4.69) is 26.1 Å². The van der Waals surface area contributed by atoms with Crippen LogP contribution >= 0.6 is 0 Å². The lowest BCUT2D eigenvalue weighted by Crippen LogP contribution is -2.51. The SMILES string of the molecule is CC(C)N/C(=C\C=N)C(=O)NC(C(=O)Nc1cn[nH]c1)C(C1CC1)C1CC1. The number of hydrogen-bond acceptors (Lipinski definition) is 5. The molecule has 27 heavy (non-hydrogen) atoms. The van der Waals surface area contributed by atoms with Gasteiger partial charge in [-0.3, -0.25) is 14.7 Å². The fraction of sp³-hybridized carbons (Fsp3) is 0.579. The lowest BCUT2D eigenvalue weighted by atomic mass is 9.88. The van der Waals surface area contributed by atoms with Crippen LogP contribution in [0.2, 0.25) is 0 Å². The average Bonchev–Trinajstić information content (AvgIpc) is 3.55. The third kappa shape index (κ3) is 5.18. The lowest BCUT2D eigenvalue weighted by Gasteiger charge is -2.28. The van der Waals surface area contributed by atoms with Crippen molar-refractivity contribution in [3.8, 4) is 0 Å². The van der Waals surface area contributed by atoms with E-state index in [0.29, 0.717) is 23.2 Å². The molecule has 2 aliphatic rings. The van der Waals surface area contributed by atoms with Crippen LogP contribution in [0.4, 0.5) is 5.69 Å². The molecule has 1 aromatic rings. The zero-order chi connectivity index (χ0) is 19.4. The Balaban J connectivity index is 1.78. The number of rotatable bonds is 10. The monoisotopic (exact) mass is 372 g/mol. The van der Waals surface area contributed by atoms with Gasteiger partial charge in [0, 0.05) is 18.5 Å². The number of nitrogens with zero attached hydrogens (tertiary/aromatic N) is 1. The number of aromatic nitrogens is 2. The van der Waals surface area contributed by atoms with Crippen LogP contribution in [0.3, 0.4) is 0 Å². The number of hydrogen-bond donors (Lipinski definition) is 5. The second kappa shape index (κ2) is 8.37. The molecule has 5 N–H and O–H groups in total. The van der Waals surface area contributed by atoms with Crippen LogP contribution in [0, 0.1) is 23.2 Å². The molecule has 2 saturated carbocycles. The second-order valence-electron chi connectivity index (χ2n) is 7.73. The van der Waals surface area contributed by atoms with Crippen molar-refractivity contribution in [2.24, 2.45) is 17.8 Å². The molecule has 2 fully saturated rings. The first-order valence-electron chi connectivity index (χ1n) is 9.57. The predicted octanol–water partition coefficient (Wildman–Crippen LogP) is 1.80. The van der Waals surface area contributed by atoms with Gasteiger partial charge in [0.05, 0.1) is 11.9 Å². The fourth-order valence-corrected chi connectivity index (χ4v) is 3.57. The van der Waals surface area contributed by atoms with Gasteiger partial charge in [0.2, 0.25) is 5.91 Å². The first kappa shape index (κ1) is 19.1. The van der Waals surface area contributed by atoms with E-state index < -0.39 is 6.04 Å². The van der Waals surface area contributed by atoms with Crippen LogP contribution in [0.1, 0.15) is 39.5 Å². The smallest absolute Gasteiger partial charge is 0.268 e. The molecular weight excluding hydrogens is 344 g/mol. The number of H-pyrrole nitrogens is 1. The van der Waals surface area contributed by atoms with E-state index in [0.717, 1.165) is 31.9 Å². The summed E-state index contributed by atoms with van der Waals surface area (Å²) >= 11 is 0. The molecule has 2 amide bonds. The summed E-state index contributed by atoms with van der Waals surface area (Å²) < 4.78 is 0. The number of allylic oxidation sites excluding steroid dienone is 1. The molecule has 0 aromatic carbocycles. The molecule has 146 valence electrons.